The zero-order valence-electron chi connectivity index (χ0n) is 18.1. The molecule has 2 N–H and O–H groups in total. The van der Waals surface area contributed by atoms with Gasteiger partial charge in [0.25, 0.3) is 11.8 Å². The number of carbonyl (C=O) groups is 2. The Kier molecular flexibility index (Phi) is 6.75. The average Bonchev–Trinajstić information content (AvgIpc) is 2.88. The molecule has 0 aliphatic heterocycles. The Balaban J connectivity index is 1.55. The highest BCUT2D eigenvalue weighted by atomic mass is 16.5. The molecular weight excluding hydrogens is 414 g/mol. The average molecular weight is 437 g/mol. The fraction of sp³-hybridized carbons (Fsp3) is 0.0741. The predicted octanol–water partition coefficient (Wildman–Crippen LogP) is 4.86. The van der Waals surface area contributed by atoms with E-state index >= 15 is 0 Å². The van der Waals surface area contributed by atoms with Crippen molar-refractivity contribution in [1.29, 1.82) is 0 Å². The van der Waals surface area contributed by atoms with E-state index in [1.54, 1.807) is 49.7 Å². The summed E-state index contributed by atoms with van der Waals surface area (Å²) >= 11 is 0. The molecule has 0 saturated heterocycles. The maximum atomic E-state index is 13.2. The summed E-state index contributed by atoms with van der Waals surface area (Å²) in [5.74, 6) is 0.201. The number of hydrogen-bond donors (Lipinski definition) is 2. The van der Waals surface area contributed by atoms with Gasteiger partial charge in [0.2, 0.25) is 0 Å². The molecule has 1 aromatic heterocycles. The number of benzene rings is 3. The third kappa shape index (κ3) is 5.43. The number of amides is 2. The zero-order chi connectivity index (χ0) is 23.0. The predicted molar refractivity (Wildman–Crippen MR) is 127 cm³/mol. The summed E-state index contributed by atoms with van der Waals surface area (Å²) in [4.78, 5) is 29.6. The molecule has 6 heteroatoms. The second-order valence-corrected chi connectivity index (χ2v) is 7.37. The SMILES string of the molecule is COc1ccc(C(NC(=O)c2cccc(NC(=O)c3cccnc3)c2)c2ccccc2)cc1. The Labute approximate surface area is 192 Å². The van der Waals surface area contributed by atoms with Gasteiger partial charge in [0.1, 0.15) is 5.75 Å². The lowest BCUT2D eigenvalue weighted by molar-refractivity contribution is 0.0941. The van der Waals surface area contributed by atoms with E-state index in [9.17, 15) is 9.59 Å². The van der Waals surface area contributed by atoms with Crippen LogP contribution in [0.2, 0.25) is 0 Å². The third-order valence-electron chi connectivity index (χ3n) is 5.16. The molecule has 1 heterocycles. The molecule has 0 saturated carbocycles. The van der Waals surface area contributed by atoms with Gasteiger partial charge in [-0.3, -0.25) is 14.6 Å². The first-order valence-corrected chi connectivity index (χ1v) is 10.5. The lowest BCUT2D eigenvalue weighted by Crippen LogP contribution is -2.29. The summed E-state index contributed by atoms with van der Waals surface area (Å²) in [5, 5.41) is 5.92. The molecule has 4 rings (SSSR count). The van der Waals surface area contributed by atoms with Crippen LogP contribution in [-0.2, 0) is 0 Å². The van der Waals surface area contributed by atoms with Crippen LogP contribution in [0.5, 0.6) is 5.75 Å². The number of aromatic nitrogens is 1. The summed E-state index contributed by atoms with van der Waals surface area (Å²) < 4.78 is 5.26. The van der Waals surface area contributed by atoms with Crippen LogP contribution < -0.4 is 15.4 Å². The Hall–Kier alpha value is -4.45. The molecule has 0 aliphatic rings. The van der Waals surface area contributed by atoms with Crippen molar-refractivity contribution in [3.8, 4) is 5.75 Å². The molecule has 1 atom stereocenters. The molecule has 164 valence electrons. The van der Waals surface area contributed by atoms with E-state index in [1.165, 1.54) is 6.20 Å². The molecule has 0 bridgehead atoms. The standard InChI is InChI=1S/C27H23N3O3/c1-33-24-14-12-20(13-15-24)25(19-7-3-2-4-8-19)30-26(31)21-9-5-11-23(17-21)29-27(32)22-10-6-16-28-18-22/h2-18,25H,1H3,(H,29,32)(H,30,31). The van der Waals surface area contributed by atoms with Gasteiger partial charge in [-0.25, -0.2) is 0 Å². The number of nitrogens with one attached hydrogen (secondary N) is 2. The maximum Gasteiger partial charge on any atom is 0.257 e. The van der Waals surface area contributed by atoms with Crippen LogP contribution in [0.25, 0.3) is 0 Å². The minimum absolute atomic E-state index is 0.253. The molecule has 0 spiro atoms. The first kappa shape index (κ1) is 21.8. The van der Waals surface area contributed by atoms with Gasteiger partial charge >= 0.3 is 0 Å². The van der Waals surface area contributed by atoms with Crippen molar-refractivity contribution in [1.82, 2.24) is 10.3 Å². The summed E-state index contributed by atoms with van der Waals surface area (Å²) in [5.41, 5.74) is 3.29. The first-order valence-electron chi connectivity index (χ1n) is 10.5. The van der Waals surface area contributed by atoms with Crippen LogP contribution in [0.4, 0.5) is 5.69 Å². The normalized spacial score (nSPS) is 11.3. The van der Waals surface area contributed by atoms with Crippen LogP contribution in [0.15, 0.2) is 103 Å². The highest BCUT2D eigenvalue weighted by molar-refractivity contribution is 6.05. The monoisotopic (exact) mass is 437 g/mol. The van der Waals surface area contributed by atoms with Gasteiger partial charge in [0, 0.05) is 23.6 Å². The van der Waals surface area contributed by atoms with Gasteiger partial charge in [-0.05, 0) is 53.6 Å². The third-order valence-corrected chi connectivity index (χ3v) is 5.16. The number of ether oxygens (including phenoxy) is 1. The van der Waals surface area contributed by atoms with Gasteiger partial charge in [-0.2, -0.15) is 0 Å². The molecule has 0 fully saturated rings. The van der Waals surface area contributed by atoms with Crippen molar-refractivity contribution in [2.45, 2.75) is 6.04 Å². The minimum atomic E-state index is -0.349. The summed E-state index contributed by atoms with van der Waals surface area (Å²) in [6.45, 7) is 0. The quantitative estimate of drug-likeness (QED) is 0.433. The summed E-state index contributed by atoms with van der Waals surface area (Å²) in [7, 11) is 1.62. The van der Waals surface area contributed by atoms with Gasteiger partial charge in [0.05, 0.1) is 18.7 Å². The largest absolute Gasteiger partial charge is 0.497 e. The maximum absolute atomic E-state index is 13.2. The lowest BCUT2D eigenvalue weighted by Gasteiger charge is -2.20. The van der Waals surface area contributed by atoms with E-state index in [0.717, 1.165) is 16.9 Å². The minimum Gasteiger partial charge on any atom is -0.497 e. The van der Waals surface area contributed by atoms with Crippen molar-refractivity contribution in [2.75, 3.05) is 12.4 Å². The molecule has 3 aromatic carbocycles. The second kappa shape index (κ2) is 10.2. The van der Waals surface area contributed by atoms with Crippen LogP contribution in [-0.4, -0.2) is 23.9 Å². The Morgan fingerprint density at radius 3 is 2.21 bits per heavy atom. The topological polar surface area (TPSA) is 80.3 Å². The fourth-order valence-corrected chi connectivity index (χ4v) is 3.45. The number of anilines is 1. The number of rotatable bonds is 7. The van der Waals surface area contributed by atoms with E-state index in [-0.39, 0.29) is 17.9 Å². The molecule has 1 unspecified atom stereocenters. The molecule has 6 nitrogen and oxygen atoms in total. The van der Waals surface area contributed by atoms with Crippen LogP contribution in [0.1, 0.15) is 37.9 Å². The van der Waals surface area contributed by atoms with Crippen LogP contribution in [0.3, 0.4) is 0 Å². The van der Waals surface area contributed by atoms with Crippen molar-refractivity contribution in [3.63, 3.8) is 0 Å². The van der Waals surface area contributed by atoms with E-state index in [4.69, 9.17) is 4.74 Å². The molecule has 0 aliphatic carbocycles. The van der Waals surface area contributed by atoms with Crippen molar-refractivity contribution in [3.05, 3.63) is 126 Å². The highest BCUT2D eigenvalue weighted by Gasteiger charge is 2.18. The van der Waals surface area contributed by atoms with Crippen LogP contribution in [0, 0.1) is 0 Å². The van der Waals surface area contributed by atoms with Gasteiger partial charge in [-0.15, -0.1) is 0 Å². The Bertz CT molecular complexity index is 1230. The number of hydrogen-bond acceptors (Lipinski definition) is 4. The van der Waals surface area contributed by atoms with Crippen molar-refractivity contribution >= 4 is 17.5 Å². The van der Waals surface area contributed by atoms with Gasteiger partial charge < -0.3 is 15.4 Å². The number of carbonyl (C=O) groups excluding carboxylic acids is 2. The fourth-order valence-electron chi connectivity index (χ4n) is 3.45. The van der Waals surface area contributed by atoms with Crippen LogP contribution >= 0.6 is 0 Å². The Morgan fingerprint density at radius 2 is 1.52 bits per heavy atom. The molecule has 33 heavy (non-hydrogen) atoms. The van der Waals surface area contributed by atoms with Gasteiger partial charge in [0.15, 0.2) is 0 Å². The van der Waals surface area contributed by atoms with E-state index in [0.29, 0.717) is 16.8 Å². The summed E-state index contributed by atoms with van der Waals surface area (Å²) in [6.07, 6.45) is 3.10. The number of nitrogens with zero attached hydrogens (tertiary/aromatic N) is 1. The number of methoxy groups -OCH3 is 1. The lowest BCUT2D eigenvalue weighted by atomic mass is 9.98. The molecule has 4 aromatic rings. The zero-order valence-corrected chi connectivity index (χ0v) is 18.1. The molecule has 0 radical (unpaired) electrons. The Morgan fingerprint density at radius 1 is 0.788 bits per heavy atom. The first-order chi connectivity index (χ1) is 16.1. The van der Waals surface area contributed by atoms with Crippen molar-refractivity contribution < 1.29 is 14.3 Å². The smallest absolute Gasteiger partial charge is 0.257 e. The molecular formula is C27H23N3O3. The van der Waals surface area contributed by atoms with E-state index in [1.807, 2.05) is 54.6 Å². The van der Waals surface area contributed by atoms with Crippen molar-refractivity contribution in [2.24, 2.45) is 0 Å². The number of pyridine rings is 1. The van der Waals surface area contributed by atoms with Gasteiger partial charge in [-0.1, -0.05) is 48.5 Å². The second-order valence-electron chi connectivity index (χ2n) is 7.37. The highest BCUT2D eigenvalue weighted by Crippen LogP contribution is 2.25. The summed E-state index contributed by atoms with van der Waals surface area (Å²) in [6, 6.07) is 27.2. The van der Waals surface area contributed by atoms with E-state index < -0.39 is 0 Å². The molecule has 2 amide bonds. The van der Waals surface area contributed by atoms with E-state index in [2.05, 4.69) is 15.6 Å².